The molecule has 0 saturated heterocycles. The Balaban J connectivity index is 1.53. The number of fused-ring (bicyclic) bond motifs is 1. The van der Waals surface area contributed by atoms with E-state index in [4.69, 9.17) is 28.4 Å². The molecule has 0 aliphatic carbocycles. The largest absolute Gasteiger partial charge is 0.477 e. The van der Waals surface area contributed by atoms with Crippen molar-refractivity contribution in [3.63, 3.8) is 0 Å². The van der Waals surface area contributed by atoms with Gasteiger partial charge in [-0.3, -0.25) is 14.4 Å². The zero-order chi connectivity index (χ0) is 25.6. The molecule has 0 unspecified atom stereocenters. The molecule has 3 aromatic heterocycles. The van der Waals surface area contributed by atoms with Gasteiger partial charge in [-0.15, -0.1) is 11.3 Å². The van der Waals surface area contributed by atoms with Gasteiger partial charge in [0.15, 0.2) is 0 Å². The Kier molecular flexibility index (Phi) is 6.04. The van der Waals surface area contributed by atoms with Crippen LogP contribution in [0.2, 0.25) is 5.02 Å². The van der Waals surface area contributed by atoms with Gasteiger partial charge in [0, 0.05) is 23.1 Å². The molecule has 5 rings (SSSR count). The third-order valence-corrected chi connectivity index (χ3v) is 7.04. The number of rotatable bonds is 6. The monoisotopic (exact) mass is 528 g/mol. The average Bonchev–Trinajstić information content (AvgIpc) is 3.57. The lowest BCUT2D eigenvalue weighted by Crippen LogP contribution is -2.30. The summed E-state index contributed by atoms with van der Waals surface area (Å²) in [6, 6.07) is 8.60. The Morgan fingerprint density at radius 1 is 1.33 bits per heavy atom. The molecule has 1 aliphatic rings. The Morgan fingerprint density at radius 3 is 2.86 bits per heavy atom. The number of nitrogens with two attached hydrogens (primary N) is 2. The SMILES string of the molecule is N/N=C\N(N)c1ccc(Cl)cc1-c1cc(=O)n2c(n1)CC[C@H]2c1nc(-c2ccc(C(=O)O)s2)c(F)[nH]1. The molecule has 4 aromatic rings. The van der Waals surface area contributed by atoms with E-state index in [9.17, 15) is 14.0 Å². The summed E-state index contributed by atoms with van der Waals surface area (Å²) in [5.41, 5.74) is 0.988. The molecule has 6 N–H and O–H groups in total. The summed E-state index contributed by atoms with van der Waals surface area (Å²) in [7, 11) is 0. The molecular weight excluding hydrogens is 511 g/mol. The van der Waals surface area contributed by atoms with Gasteiger partial charge in [-0.1, -0.05) is 11.6 Å². The van der Waals surface area contributed by atoms with E-state index in [2.05, 4.69) is 20.1 Å². The molecule has 4 heterocycles. The third kappa shape index (κ3) is 4.12. The summed E-state index contributed by atoms with van der Waals surface area (Å²) in [5, 5.41) is 14.2. The first kappa shape index (κ1) is 23.7. The third-order valence-electron chi connectivity index (χ3n) is 5.73. The van der Waals surface area contributed by atoms with Crippen molar-refractivity contribution in [1.29, 1.82) is 0 Å². The quantitative estimate of drug-likeness (QED) is 0.128. The van der Waals surface area contributed by atoms with Crippen LogP contribution in [0.25, 0.3) is 21.8 Å². The van der Waals surface area contributed by atoms with Crippen LogP contribution in [0.1, 0.15) is 33.8 Å². The van der Waals surface area contributed by atoms with Gasteiger partial charge in [-0.05, 0) is 36.8 Å². The van der Waals surface area contributed by atoms with Crippen molar-refractivity contribution in [3.05, 3.63) is 74.2 Å². The molecule has 36 heavy (non-hydrogen) atoms. The van der Waals surface area contributed by atoms with Crippen LogP contribution in [-0.4, -0.2) is 36.9 Å². The molecule has 184 valence electrons. The molecule has 0 spiro atoms. The van der Waals surface area contributed by atoms with Crippen LogP contribution in [0.4, 0.5) is 10.1 Å². The molecule has 0 saturated carbocycles. The lowest BCUT2D eigenvalue weighted by Gasteiger charge is -2.18. The van der Waals surface area contributed by atoms with Crippen molar-refractivity contribution in [1.82, 2.24) is 19.5 Å². The number of nitrogens with zero attached hydrogens (tertiary/aromatic N) is 5. The van der Waals surface area contributed by atoms with Gasteiger partial charge in [0.2, 0.25) is 5.95 Å². The second-order valence-electron chi connectivity index (χ2n) is 7.91. The summed E-state index contributed by atoms with van der Waals surface area (Å²) < 4.78 is 16.2. The number of anilines is 1. The van der Waals surface area contributed by atoms with Crippen LogP contribution in [0.3, 0.4) is 0 Å². The molecule has 11 nitrogen and oxygen atoms in total. The molecule has 0 radical (unpaired) electrons. The Hall–Kier alpha value is -4.07. The van der Waals surface area contributed by atoms with Crippen molar-refractivity contribution >= 4 is 40.9 Å². The topological polar surface area (TPSA) is 169 Å². The lowest BCUT2D eigenvalue weighted by atomic mass is 10.1. The Labute approximate surface area is 211 Å². The predicted molar refractivity (Wildman–Crippen MR) is 134 cm³/mol. The summed E-state index contributed by atoms with van der Waals surface area (Å²) in [6.07, 6.45) is 2.12. The highest BCUT2D eigenvalue weighted by molar-refractivity contribution is 7.17. The van der Waals surface area contributed by atoms with Gasteiger partial charge in [-0.25, -0.2) is 20.6 Å². The number of hydrogen-bond donors (Lipinski definition) is 4. The summed E-state index contributed by atoms with van der Waals surface area (Å²) in [4.78, 5) is 36.5. The Bertz CT molecular complexity index is 1580. The van der Waals surface area contributed by atoms with Crippen molar-refractivity contribution in [2.75, 3.05) is 5.01 Å². The van der Waals surface area contributed by atoms with Gasteiger partial charge in [0.25, 0.3) is 5.56 Å². The first-order valence-corrected chi connectivity index (χ1v) is 11.7. The van der Waals surface area contributed by atoms with Gasteiger partial charge in [0.05, 0.1) is 22.3 Å². The number of imidazole rings is 1. The van der Waals surface area contributed by atoms with Crippen LogP contribution < -0.4 is 22.3 Å². The minimum Gasteiger partial charge on any atom is -0.477 e. The number of H-pyrrole nitrogens is 1. The Morgan fingerprint density at radius 2 is 2.14 bits per heavy atom. The molecule has 0 amide bonds. The molecule has 0 fully saturated rings. The van der Waals surface area contributed by atoms with E-state index in [1.165, 1.54) is 34.1 Å². The van der Waals surface area contributed by atoms with Gasteiger partial charge in [-0.2, -0.15) is 9.49 Å². The highest BCUT2D eigenvalue weighted by Gasteiger charge is 2.31. The normalized spacial score (nSPS) is 14.9. The number of carbonyl (C=O) groups is 1. The van der Waals surface area contributed by atoms with Gasteiger partial charge in [0.1, 0.15) is 28.6 Å². The van der Waals surface area contributed by atoms with E-state index >= 15 is 0 Å². The minimum atomic E-state index is -1.10. The number of nitrogens with one attached hydrogen (secondary N) is 1. The van der Waals surface area contributed by atoms with Crippen molar-refractivity contribution in [3.8, 4) is 21.8 Å². The number of hydrazine groups is 1. The van der Waals surface area contributed by atoms with Crippen LogP contribution in [0, 0.1) is 5.95 Å². The molecule has 14 heteroatoms. The zero-order valence-electron chi connectivity index (χ0n) is 18.4. The lowest BCUT2D eigenvalue weighted by molar-refractivity contribution is 0.0702. The van der Waals surface area contributed by atoms with E-state index in [1.54, 1.807) is 18.2 Å². The summed E-state index contributed by atoms with van der Waals surface area (Å²) >= 11 is 7.10. The predicted octanol–water partition coefficient (Wildman–Crippen LogP) is 2.97. The first-order chi connectivity index (χ1) is 17.3. The first-order valence-electron chi connectivity index (χ1n) is 10.6. The second kappa shape index (κ2) is 9.18. The number of aromatic amines is 1. The van der Waals surface area contributed by atoms with E-state index in [-0.39, 0.29) is 22.0 Å². The van der Waals surface area contributed by atoms with E-state index < -0.39 is 18.0 Å². The number of benzene rings is 1. The van der Waals surface area contributed by atoms with Crippen molar-refractivity contribution in [2.45, 2.75) is 18.9 Å². The number of hydrogen-bond acceptors (Lipinski definition) is 8. The highest BCUT2D eigenvalue weighted by atomic mass is 35.5. The molecule has 1 aliphatic heterocycles. The van der Waals surface area contributed by atoms with Crippen LogP contribution in [-0.2, 0) is 6.42 Å². The summed E-state index contributed by atoms with van der Waals surface area (Å²) in [5.74, 6) is 10.1. The van der Waals surface area contributed by atoms with Crippen molar-refractivity contribution < 1.29 is 14.3 Å². The maximum absolute atomic E-state index is 14.7. The van der Waals surface area contributed by atoms with E-state index in [0.29, 0.717) is 45.5 Å². The molecule has 1 aromatic carbocycles. The zero-order valence-corrected chi connectivity index (χ0v) is 19.9. The van der Waals surface area contributed by atoms with Crippen LogP contribution in [0.15, 0.2) is 46.3 Å². The fourth-order valence-electron chi connectivity index (χ4n) is 4.18. The molecular formula is C22H18ClFN8O3S. The van der Waals surface area contributed by atoms with Gasteiger partial charge < -0.3 is 15.9 Å². The number of halogens is 2. The minimum absolute atomic E-state index is 0.00162. The summed E-state index contributed by atoms with van der Waals surface area (Å²) in [6.45, 7) is 0. The second-order valence-corrected chi connectivity index (χ2v) is 9.43. The number of aromatic carboxylic acids is 1. The fraction of sp³-hybridized carbons (Fsp3) is 0.136. The highest BCUT2D eigenvalue weighted by Crippen LogP contribution is 2.35. The van der Waals surface area contributed by atoms with E-state index in [0.717, 1.165) is 11.3 Å². The smallest absolute Gasteiger partial charge is 0.345 e. The number of hydrazone groups is 1. The average molecular weight is 529 g/mol. The number of aromatic nitrogens is 4. The molecule has 1 atom stereocenters. The number of aryl methyl sites for hydroxylation is 1. The van der Waals surface area contributed by atoms with Crippen molar-refractivity contribution in [2.24, 2.45) is 16.8 Å². The standard InChI is InChI=1S/C22H18ClFN8O3S/c23-10-1-2-13(31(26)9-27-25)11(7-10)12-8-18(33)32-14(3-6-17(32)28-12)21-29-19(20(24)30-21)15-4-5-16(36-15)22(34)35/h1-2,4-5,7-9,14H,3,6,25-26H2,(H,29,30)(H,34,35)/b27-9-/t14-/m0/s1. The molecule has 0 bridgehead atoms. The van der Waals surface area contributed by atoms with E-state index in [1.807, 2.05) is 0 Å². The number of carboxylic acids is 1. The number of thiophene rings is 1. The maximum atomic E-state index is 14.7. The fourth-order valence-corrected chi connectivity index (χ4v) is 5.18. The number of carboxylic acid groups (broad SMARTS) is 1. The van der Waals surface area contributed by atoms with Crippen LogP contribution >= 0.6 is 22.9 Å². The van der Waals surface area contributed by atoms with Crippen LogP contribution in [0.5, 0.6) is 0 Å². The maximum Gasteiger partial charge on any atom is 0.345 e. The van der Waals surface area contributed by atoms with Gasteiger partial charge >= 0.3 is 5.97 Å².